The van der Waals surface area contributed by atoms with E-state index in [1.54, 1.807) is 36.0 Å². The minimum atomic E-state index is -4.43. The Balaban J connectivity index is 1.60. The number of alkyl halides is 3. The van der Waals surface area contributed by atoms with Crippen molar-refractivity contribution in [2.24, 2.45) is 5.73 Å². The van der Waals surface area contributed by atoms with Crippen LogP contribution in [0.15, 0.2) is 54.6 Å². The molecule has 0 spiro atoms. The lowest BCUT2D eigenvalue weighted by Crippen LogP contribution is -2.45. The number of thiophene rings is 1. The summed E-state index contributed by atoms with van der Waals surface area (Å²) in [6.07, 6.45) is -1.41. The number of guanidine groups is 1. The Morgan fingerprint density at radius 1 is 1.09 bits per heavy atom. The first kappa shape index (κ1) is 32.4. The molecule has 0 bridgehead atoms. The third-order valence-corrected chi connectivity index (χ3v) is 8.69. The molecule has 5 rings (SSSR count). The predicted octanol–water partition coefficient (Wildman–Crippen LogP) is 6.78. The van der Waals surface area contributed by atoms with Gasteiger partial charge in [-0.05, 0) is 67.4 Å². The number of hydrogen-bond acceptors (Lipinski definition) is 5. The van der Waals surface area contributed by atoms with Gasteiger partial charge in [-0.2, -0.15) is 18.3 Å². The van der Waals surface area contributed by atoms with E-state index in [0.29, 0.717) is 42.3 Å². The monoisotopic (exact) mass is 673 g/mol. The molecule has 0 aliphatic carbocycles. The smallest absolute Gasteiger partial charge is 0.370 e. The number of aromatic nitrogens is 2. The molecule has 2 aromatic heterocycles. The normalized spacial score (nSPS) is 13.6. The Hall–Kier alpha value is -4.02. The summed E-state index contributed by atoms with van der Waals surface area (Å²) >= 11 is 14.1. The van der Waals surface area contributed by atoms with Gasteiger partial charge in [0.05, 0.1) is 38.3 Å². The lowest BCUT2D eigenvalue weighted by atomic mass is 10.1. The van der Waals surface area contributed by atoms with E-state index in [9.17, 15) is 18.0 Å². The van der Waals surface area contributed by atoms with E-state index < -0.39 is 17.6 Å². The van der Waals surface area contributed by atoms with Crippen molar-refractivity contribution in [3.8, 4) is 28.1 Å². The molecule has 1 aliphatic heterocycles. The molecular formula is C31H28Cl2F3N7OS. The molecule has 1 aliphatic rings. The molecule has 3 heterocycles. The van der Waals surface area contributed by atoms with Crippen LogP contribution in [0.5, 0.6) is 0 Å². The summed E-state index contributed by atoms with van der Waals surface area (Å²) < 4.78 is 40.4. The van der Waals surface area contributed by atoms with Crippen LogP contribution in [0.3, 0.4) is 0 Å². The van der Waals surface area contributed by atoms with Gasteiger partial charge in [0.1, 0.15) is 0 Å². The summed E-state index contributed by atoms with van der Waals surface area (Å²) in [5.74, 6) is 5.31. The highest BCUT2D eigenvalue weighted by atomic mass is 35.5. The topological polar surface area (TPSA) is 103 Å². The molecule has 1 saturated heterocycles. The van der Waals surface area contributed by atoms with E-state index in [1.165, 1.54) is 28.4 Å². The Bertz CT molecular complexity index is 1790. The summed E-state index contributed by atoms with van der Waals surface area (Å²) in [5, 5.41) is 15.3. The van der Waals surface area contributed by atoms with Crippen molar-refractivity contribution in [2.45, 2.75) is 32.0 Å². The number of carbonyl (C=O) groups is 1. The Morgan fingerprint density at radius 3 is 2.44 bits per heavy atom. The molecular weight excluding hydrogens is 646 g/mol. The van der Waals surface area contributed by atoms with Crippen molar-refractivity contribution in [1.82, 2.24) is 25.1 Å². The van der Waals surface area contributed by atoms with Gasteiger partial charge in [-0.15, -0.1) is 11.3 Å². The van der Waals surface area contributed by atoms with E-state index >= 15 is 0 Å². The molecule has 1 amide bonds. The highest BCUT2D eigenvalue weighted by Gasteiger charge is 2.30. The van der Waals surface area contributed by atoms with Gasteiger partial charge in [0.15, 0.2) is 11.7 Å². The molecule has 14 heteroatoms. The number of nitrogens with two attached hydrogens (primary N) is 1. The molecule has 0 radical (unpaired) electrons. The maximum absolute atomic E-state index is 13.7. The van der Waals surface area contributed by atoms with Gasteiger partial charge < -0.3 is 10.6 Å². The van der Waals surface area contributed by atoms with Gasteiger partial charge in [-0.1, -0.05) is 41.5 Å². The molecule has 1 fully saturated rings. The molecule has 8 nitrogen and oxygen atoms in total. The number of hydrazine groups is 1. The average molecular weight is 675 g/mol. The van der Waals surface area contributed by atoms with Gasteiger partial charge in [-0.3, -0.25) is 15.6 Å². The lowest BCUT2D eigenvalue weighted by molar-refractivity contribution is -0.137. The van der Waals surface area contributed by atoms with Crippen molar-refractivity contribution < 1.29 is 18.0 Å². The Kier molecular flexibility index (Phi) is 9.74. The predicted molar refractivity (Wildman–Crippen MR) is 171 cm³/mol. The van der Waals surface area contributed by atoms with Crippen LogP contribution in [0.25, 0.3) is 16.3 Å². The molecule has 4 aromatic rings. The number of nitrogens with one attached hydrogen (secondary N) is 2. The number of amides is 1. The molecule has 234 valence electrons. The minimum Gasteiger partial charge on any atom is -0.370 e. The van der Waals surface area contributed by atoms with Crippen LogP contribution < -0.4 is 11.2 Å². The zero-order chi connectivity index (χ0) is 32.3. The Morgan fingerprint density at radius 2 is 1.80 bits per heavy atom. The fourth-order valence-corrected chi connectivity index (χ4v) is 6.20. The second-order valence-corrected chi connectivity index (χ2v) is 12.3. The quantitative estimate of drug-likeness (QED) is 0.119. The molecule has 2 aromatic carbocycles. The fourth-order valence-electron chi connectivity index (χ4n) is 4.80. The minimum absolute atomic E-state index is 0.0864. The third kappa shape index (κ3) is 7.62. The number of halogens is 5. The average Bonchev–Trinajstić information content (AvgIpc) is 3.61. The summed E-state index contributed by atoms with van der Waals surface area (Å²) in [7, 11) is 1.64. The molecule has 0 atom stereocenters. The van der Waals surface area contributed by atoms with Crippen LogP contribution in [0.1, 0.15) is 51.3 Å². The highest BCUT2D eigenvalue weighted by Crippen LogP contribution is 2.37. The van der Waals surface area contributed by atoms with Crippen molar-refractivity contribution >= 4 is 46.4 Å². The summed E-state index contributed by atoms with van der Waals surface area (Å²) in [6, 6.07) is 13.2. The second kappa shape index (κ2) is 13.5. The highest BCUT2D eigenvalue weighted by molar-refractivity contribution is 7.16. The number of hydrogen-bond donors (Lipinski definition) is 3. The number of piperidine rings is 1. The van der Waals surface area contributed by atoms with Crippen LogP contribution in [-0.4, -0.2) is 51.7 Å². The number of rotatable bonds is 6. The van der Waals surface area contributed by atoms with E-state index in [4.69, 9.17) is 39.4 Å². The van der Waals surface area contributed by atoms with Gasteiger partial charge in [0.25, 0.3) is 5.91 Å². The largest absolute Gasteiger partial charge is 0.416 e. The number of nitrogens with zero attached hydrogens (tertiary/aromatic N) is 4. The fraction of sp³-hybridized carbons (Fsp3) is 0.258. The molecule has 4 N–H and O–H groups in total. The van der Waals surface area contributed by atoms with Crippen LogP contribution in [0.4, 0.5) is 13.2 Å². The summed E-state index contributed by atoms with van der Waals surface area (Å²) in [6.45, 7) is 1.52. The van der Waals surface area contributed by atoms with Gasteiger partial charge >= 0.3 is 6.18 Å². The summed E-state index contributed by atoms with van der Waals surface area (Å²) in [5.41, 5.74) is 10.1. The SMILES string of the molecule is CN(Cc1c(C(=O)NN2CCCCC2)nn(-c2ccc(Cl)cc2Cl)c1-c1ccc(C#Cc2ccc(C(F)(F)F)cc2)s1)C(=N)N. The van der Waals surface area contributed by atoms with Crippen LogP contribution in [-0.2, 0) is 12.7 Å². The van der Waals surface area contributed by atoms with E-state index in [1.807, 2.05) is 11.1 Å². The first-order chi connectivity index (χ1) is 21.4. The number of benzene rings is 2. The van der Waals surface area contributed by atoms with Gasteiger partial charge in [0, 0.05) is 36.3 Å². The zero-order valence-corrected chi connectivity index (χ0v) is 26.3. The zero-order valence-electron chi connectivity index (χ0n) is 24.0. The van der Waals surface area contributed by atoms with Crippen molar-refractivity contribution in [3.05, 3.63) is 91.9 Å². The summed E-state index contributed by atoms with van der Waals surface area (Å²) in [4.78, 5) is 16.5. The first-order valence-corrected chi connectivity index (χ1v) is 15.5. The number of carbonyl (C=O) groups excluding carboxylic acids is 1. The molecule has 0 saturated carbocycles. The maximum atomic E-state index is 13.7. The lowest BCUT2D eigenvalue weighted by Gasteiger charge is -2.26. The second-order valence-electron chi connectivity index (χ2n) is 10.4. The van der Waals surface area contributed by atoms with E-state index in [0.717, 1.165) is 44.5 Å². The third-order valence-electron chi connectivity index (χ3n) is 7.14. The maximum Gasteiger partial charge on any atom is 0.416 e. The standard InChI is InChI=1S/C31H28Cl2F3N7OS/c1-41(30(37)38)18-23-27(29(44)40-42-15-3-2-4-16-42)39-43(25-13-10-21(32)17-24(25)33)28(23)26-14-12-22(45-26)11-7-19-5-8-20(9-6-19)31(34,35)36/h5-6,8-10,12-14,17H,2-4,15-16,18H2,1H3,(H3,37,38)(H,40,44). The van der Waals surface area contributed by atoms with Crippen LogP contribution >= 0.6 is 34.5 Å². The Labute approximate surface area is 272 Å². The molecule has 45 heavy (non-hydrogen) atoms. The van der Waals surface area contributed by atoms with Crippen molar-refractivity contribution in [1.29, 1.82) is 5.41 Å². The molecule has 0 unspecified atom stereocenters. The van der Waals surface area contributed by atoms with Crippen LogP contribution in [0.2, 0.25) is 10.0 Å². The van der Waals surface area contributed by atoms with Crippen molar-refractivity contribution in [2.75, 3.05) is 20.1 Å². The van der Waals surface area contributed by atoms with Gasteiger partial charge in [0.2, 0.25) is 0 Å². The van der Waals surface area contributed by atoms with E-state index in [-0.39, 0.29) is 18.2 Å². The first-order valence-electron chi connectivity index (χ1n) is 13.9. The van der Waals surface area contributed by atoms with Crippen molar-refractivity contribution in [3.63, 3.8) is 0 Å². The van der Waals surface area contributed by atoms with Crippen LogP contribution in [0, 0.1) is 17.3 Å². The van der Waals surface area contributed by atoms with E-state index in [2.05, 4.69) is 17.3 Å². The van der Waals surface area contributed by atoms with Gasteiger partial charge in [-0.25, -0.2) is 9.69 Å².